The molecule has 0 heterocycles. The molecule has 0 bridgehead atoms. The van der Waals surface area contributed by atoms with Gasteiger partial charge in [0.1, 0.15) is 5.75 Å². The van der Waals surface area contributed by atoms with Crippen molar-refractivity contribution < 1.29 is 4.74 Å². The highest BCUT2D eigenvalue weighted by atomic mass is 16.5. The zero-order chi connectivity index (χ0) is 13.4. The Balaban J connectivity index is 2.72. The average Bonchev–Trinajstić information content (AvgIpc) is 2.37. The van der Waals surface area contributed by atoms with Crippen LogP contribution in [0.2, 0.25) is 0 Å². The topological polar surface area (TPSA) is 21.3 Å². The second-order valence-electron chi connectivity index (χ2n) is 4.93. The van der Waals surface area contributed by atoms with Crippen LogP contribution in [-0.2, 0) is 0 Å². The van der Waals surface area contributed by atoms with Crippen molar-refractivity contribution in [2.75, 3.05) is 6.54 Å². The lowest BCUT2D eigenvalue weighted by molar-refractivity contribution is 0.206. The molecule has 2 atom stereocenters. The summed E-state index contributed by atoms with van der Waals surface area (Å²) in [6, 6.07) is 8.70. The standard InChI is InChI=1S/C16H27NO/c1-5-9-13(3)18-16-11-8-7-10-15(16)14(4)17-12-6-2/h7-8,10-11,13-14,17H,5-6,9,12H2,1-4H3. The van der Waals surface area contributed by atoms with Gasteiger partial charge in [-0.2, -0.15) is 0 Å². The molecule has 102 valence electrons. The van der Waals surface area contributed by atoms with Gasteiger partial charge in [0, 0.05) is 11.6 Å². The summed E-state index contributed by atoms with van der Waals surface area (Å²) < 4.78 is 6.05. The van der Waals surface area contributed by atoms with E-state index >= 15 is 0 Å². The normalized spacial score (nSPS) is 14.2. The number of hydrogen-bond acceptors (Lipinski definition) is 2. The Morgan fingerprint density at radius 2 is 1.83 bits per heavy atom. The van der Waals surface area contributed by atoms with Crippen LogP contribution in [0.3, 0.4) is 0 Å². The SMILES string of the molecule is CCCNC(C)c1ccccc1OC(C)CCC. The molecule has 0 aliphatic carbocycles. The quantitative estimate of drug-likeness (QED) is 0.741. The minimum absolute atomic E-state index is 0.287. The van der Waals surface area contributed by atoms with Crippen LogP contribution in [0.1, 0.15) is 58.6 Å². The summed E-state index contributed by atoms with van der Waals surface area (Å²) in [5.41, 5.74) is 1.26. The molecule has 0 saturated carbocycles. The summed E-state index contributed by atoms with van der Waals surface area (Å²) in [4.78, 5) is 0. The maximum atomic E-state index is 6.05. The first-order chi connectivity index (χ1) is 8.69. The van der Waals surface area contributed by atoms with E-state index in [2.05, 4.69) is 51.2 Å². The van der Waals surface area contributed by atoms with Crippen molar-refractivity contribution in [1.29, 1.82) is 0 Å². The van der Waals surface area contributed by atoms with Crippen molar-refractivity contribution in [3.05, 3.63) is 29.8 Å². The smallest absolute Gasteiger partial charge is 0.124 e. The molecule has 0 spiro atoms. The van der Waals surface area contributed by atoms with Crippen LogP contribution in [0.15, 0.2) is 24.3 Å². The van der Waals surface area contributed by atoms with Crippen molar-refractivity contribution in [3.8, 4) is 5.75 Å². The minimum atomic E-state index is 0.287. The predicted octanol–water partition coefficient (Wildman–Crippen LogP) is 4.31. The Bertz CT molecular complexity index is 338. The fourth-order valence-electron chi connectivity index (χ4n) is 2.10. The molecule has 0 aliphatic heterocycles. The lowest BCUT2D eigenvalue weighted by Gasteiger charge is -2.21. The van der Waals surface area contributed by atoms with Gasteiger partial charge in [0.25, 0.3) is 0 Å². The van der Waals surface area contributed by atoms with Gasteiger partial charge in [-0.05, 0) is 39.3 Å². The van der Waals surface area contributed by atoms with Crippen LogP contribution < -0.4 is 10.1 Å². The predicted molar refractivity (Wildman–Crippen MR) is 78.1 cm³/mol. The fraction of sp³-hybridized carbons (Fsp3) is 0.625. The van der Waals surface area contributed by atoms with Crippen LogP contribution in [0, 0.1) is 0 Å². The largest absolute Gasteiger partial charge is 0.490 e. The molecule has 0 aliphatic rings. The van der Waals surface area contributed by atoms with Crippen LogP contribution in [0.5, 0.6) is 5.75 Å². The van der Waals surface area contributed by atoms with E-state index in [-0.39, 0.29) is 6.10 Å². The maximum absolute atomic E-state index is 6.05. The van der Waals surface area contributed by atoms with E-state index in [1.165, 1.54) is 5.56 Å². The Labute approximate surface area is 112 Å². The van der Waals surface area contributed by atoms with Gasteiger partial charge in [-0.15, -0.1) is 0 Å². The molecule has 0 radical (unpaired) electrons. The summed E-state index contributed by atoms with van der Waals surface area (Å²) in [5, 5.41) is 3.51. The Hall–Kier alpha value is -1.02. The molecule has 1 N–H and O–H groups in total. The summed E-state index contributed by atoms with van der Waals surface area (Å²) >= 11 is 0. The Morgan fingerprint density at radius 1 is 1.11 bits per heavy atom. The van der Waals surface area contributed by atoms with E-state index in [0.29, 0.717) is 6.04 Å². The molecular formula is C16H27NO. The number of nitrogens with one attached hydrogen (secondary N) is 1. The van der Waals surface area contributed by atoms with Crippen molar-refractivity contribution in [3.63, 3.8) is 0 Å². The van der Waals surface area contributed by atoms with Gasteiger partial charge in [0.15, 0.2) is 0 Å². The average molecular weight is 249 g/mol. The van der Waals surface area contributed by atoms with Crippen molar-refractivity contribution in [2.45, 2.75) is 59.1 Å². The lowest BCUT2D eigenvalue weighted by Crippen LogP contribution is -2.21. The van der Waals surface area contributed by atoms with Gasteiger partial charge in [0.2, 0.25) is 0 Å². The van der Waals surface area contributed by atoms with Crippen LogP contribution in [-0.4, -0.2) is 12.6 Å². The molecule has 0 saturated heterocycles. The summed E-state index contributed by atoms with van der Waals surface area (Å²) in [7, 11) is 0. The van der Waals surface area contributed by atoms with Gasteiger partial charge in [-0.3, -0.25) is 0 Å². The van der Waals surface area contributed by atoms with Gasteiger partial charge in [-0.25, -0.2) is 0 Å². The van der Waals surface area contributed by atoms with Crippen molar-refractivity contribution in [1.82, 2.24) is 5.32 Å². The first-order valence-corrected chi connectivity index (χ1v) is 7.18. The molecule has 1 aromatic rings. The summed E-state index contributed by atoms with van der Waals surface area (Å²) in [6.07, 6.45) is 3.70. The fourth-order valence-corrected chi connectivity index (χ4v) is 2.10. The molecule has 0 aromatic heterocycles. The number of ether oxygens (including phenoxy) is 1. The highest BCUT2D eigenvalue weighted by molar-refractivity contribution is 5.35. The number of benzene rings is 1. The Kier molecular flexibility index (Phi) is 6.81. The van der Waals surface area contributed by atoms with Crippen molar-refractivity contribution in [2.24, 2.45) is 0 Å². The minimum Gasteiger partial charge on any atom is -0.490 e. The van der Waals surface area contributed by atoms with Crippen LogP contribution >= 0.6 is 0 Å². The van der Waals surface area contributed by atoms with Gasteiger partial charge < -0.3 is 10.1 Å². The van der Waals surface area contributed by atoms with Crippen LogP contribution in [0.25, 0.3) is 0 Å². The molecule has 18 heavy (non-hydrogen) atoms. The molecule has 1 rings (SSSR count). The van der Waals surface area contributed by atoms with Gasteiger partial charge in [0.05, 0.1) is 6.10 Å². The highest BCUT2D eigenvalue weighted by Crippen LogP contribution is 2.26. The number of para-hydroxylation sites is 1. The zero-order valence-electron chi connectivity index (χ0n) is 12.2. The molecule has 1 aromatic carbocycles. The van der Waals surface area contributed by atoms with E-state index < -0.39 is 0 Å². The first-order valence-electron chi connectivity index (χ1n) is 7.18. The summed E-state index contributed by atoms with van der Waals surface area (Å²) in [5.74, 6) is 1.02. The zero-order valence-corrected chi connectivity index (χ0v) is 12.2. The first kappa shape index (κ1) is 15.0. The number of rotatable bonds is 8. The second kappa shape index (κ2) is 8.15. The highest BCUT2D eigenvalue weighted by Gasteiger charge is 2.12. The molecule has 2 unspecified atom stereocenters. The maximum Gasteiger partial charge on any atom is 0.124 e. The van der Waals surface area contributed by atoms with E-state index in [1.54, 1.807) is 0 Å². The lowest BCUT2D eigenvalue weighted by atomic mass is 10.1. The molecule has 2 heteroatoms. The molecule has 0 amide bonds. The number of hydrogen-bond donors (Lipinski definition) is 1. The molecular weight excluding hydrogens is 222 g/mol. The van der Waals surface area contributed by atoms with Gasteiger partial charge >= 0.3 is 0 Å². The van der Waals surface area contributed by atoms with E-state index in [9.17, 15) is 0 Å². The van der Waals surface area contributed by atoms with E-state index in [4.69, 9.17) is 4.74 Å². The third-order valence-corrected chi connectivity index (χ3v) is 3.11. The van der Waals surface area contributed by atoms with Gasteiger partial charge in [-0.1, -0.05) is 38.5 Å². The third kappa shape index (κ3) is 4.69. The Morgan fingerprint density at radius 3 is 2.50 bits per heavy atom. The van der Waals surface area contributed by atoms with E-state index in [0.717, 1.165) is 31.6 Å². The third-order valence-electron chi connectivity index (χ3n) is 3.11. The molecule has 0 fully saturated rings. The second-order valence-corrected chi connectivity index (χ2v) is 4.93. The molecule has 2 nitrogen and oxygen atoms in total. The van der Waals surface area contributed by atoms with Crippen LogP contribution in [0.4, 0.5) is 0 Å². The monoisotopic (exact) mass is 249 g/mol. The summed E-state index contributed by atoms with van der Waals surface area (Å²) in [6.45, 7) is 9.76. The van der Waals surface area contributed by atoms with E-state index in [1.807, 2.05) is 6.07 Å². The van der Waals surface area contributed by atoms with Crippen molar-refractivity contribution >= 4 is 0 Å².